The molecule has 0 radical (unpaired) electrons. The summed E-state index contributed by atoms with van der Waals surface area (Å²) in [5.74, 6) is 0.753. The Morgan fingerprint density at radius 2 is 1.52 bits per heavy atom. The van der Waals surface area contributed by atoms with Gasteiger partial charge in [0.25, 0.3) is 0 Å². The number of benzene rings is 2. The first-order chi connectivity index (χ1) is 13.1. The van der Waals surface area contributed by atoms with Crippen LogP contribution in [0.1, 0.15) is 11.1 Å². The van der Waals surface area contributed by atoms with Crippen molar-refractivity contribution in [3.63, 3.8) is 0 Å². The molecule has 140 valence electrons. The maximum absolute atomic E-state index is 12.1. The number of furan rings is 1. The van der Waals surface area contributed by atoms with Gasteiger partial charge in [0.2, 0.25) is 11.8 Å². The van der Waals surface area contributed by atoms with Gasteiger partial charge < -0.3 is 13.9 Å². The van der Waals surface area contributed by atoms with Gasteiger partial charge in [-0.3, -0.25) is 20.4 Å². The highest BCUT2D eigenvalue weighted by atomic mass is 16.5. The molecule has 0 aliphatic rings. The van der Waals surface area contributed by atoms with Crippen LogP contribution < -0.4 is 20.3 Å². The Labute approximate surface area is 156 Å². The summed E-state index contributed by atoms with van der Waals surface area (Å²) >= 11 is 0. The second-order valence-corrected chi connectivity index (χ2v) is 5.92. The monoisotopic (exact) mass is 368 g/mol. The summed E-state index contributed by atoms with van der Waals surface area (Å²) < 4.78 is 15.7. The third-order valence-corrected chi connectivity index (χ3v) is 4.08. The van der Waals surface area contributed by atoms with E-state index in [1.165, 1.54) is 6.26 Å². The van der Waals surface area contributed by atoms with Crippen molar-refractivity contribution in [3.05, 3.63) is 59.9 Å². The maximum Gasteiger partial charge on any atom is 0.242 e. The Hall–Kier alpha value is -3.48. The molecule has 0 fully saturated rings. The van der Waals surface area contributed by atoms with E-state index in [0.29, 0.717) is 11.3 Å². The predicted octanol–water partition coefficient (Wildman–Crippen LogP) is 2.38. The van der Waals surface area contributed by atoms with Crippen LogP contribution in [-0.4, -0.2) is 26.0 Å². The normalized spacial score (nSPS) is 10.4. The zero-order chi connectivity index (χ0) is 19.2. The number of hydrogen-bond donors (Lipinski definition) is 2. The minimum atomic E-state index is -0.336. The van der Waals surface area contributed by atoms with Crippen molar-refractivity contribution >= 4 is 22.8 Å². The quantitative estimate of drug-likeness (QED) is 0.652. The average Bonchev–Trinajstić information content (AvgIpc) is 3.09. The largest absolute Gasteiger partial charge is 0.497 e. The van der Waals surface area contributed by atoms with E-state index >= 15 is 0 Å². The fraction of sp³-hybridized carbons (Fsp3) is 0.200. The molecule has 0 atom stereocenters. The standard InChI is InChI=1S/C20H20N2O5/c1-25-15-5-3-13(4-6-15)9-19(23)21-22-20(24)10-14-12-27-18-11-16(26-2)7-8-17(14)18/h3-8,11-12H,9-10H2,1-2H3,(H,21,23)(H,22,24). The molecule has 2 aromatic carbocycles. The van der Waals surface area contributed by atoms with E-state index in [4.69, 9.17) is 13.9 Å². The molecule has 0 aliphatic heterocycles. The highest BCUT2D eigenvalue weighted by molar-refractivity contribution is 5.89. The highest BCUT2D eigenvalue weighted by Crippen LogP contribution is 2.25. The molecule has 1 heterocycles. The molecule has 0 saturated carbocycles. The smallest absolute Gasteiger partial charge is 0.242 e. The summed E-state index contributed by atoms with van der Waals surface area (Å²) in [6.07, 6.45) is 1.77. The number of nitrogens with one attached hydrogen (secondary N) is 2. The third kappa shape index (κ3) is 4.58. The van der Waals surface area contributed by atoms with Gasteiger partial charge in [0, 0.05) is 17.0 Å². The molecule has 0 saturated heterocycles. The van der Waals surface area contributed by atoms with Crippen LogP contribution in [-0.2, 0) is 22.4 Å². The summed E-state index contributed by atoms with van der Waals surface area (Å²) in [7, 11) is 3.16. The molecule has 1 aromatic heterocycles. The van der Waals surface area contributed by atoms with Crippen molar-refractivity contribution < 1.29 is 23.5 Å². The number of carbonyl (C=O) groups is 2. The van der Waals surface area contributed by atoms with E-state index < -0.39 is 0 Å². The van der Waals surface area contributed by atoms with Crippen LogP contribution in [0, 0.1) is 0 Å². The lowest BCUT2D eigenvalue weighted by Crippen LogP contribution is -2.43. The lowest BCUT2D eigenvalue weighted by molar-refractivity contribution is -0.128. The van der Waals surface area contributed by atoms with Gasteiger partial charge in [0.15, 0.2) is 0 Å². The van der Waals surface area contributed by atoms with Crippen molar-refractivity contribution in [2.75, 3.05) is 14.2 Å². The van der Waals surface area contributed by atoms with Gasteiger partial charge in [-0.05, 0) is 29.8 Å². The maximum atomic E-state index is 12.1. The Kier molecular flexibility index (Phi) is 5.61. The van der Waals surface area contributed by atoms with E-state index in [1.807, 2.05) is 6.07 Å². The van der Waals surface area contributed by atoms with Crippen LogP contribution in [0.3, 0.4) is 0 Å². The van der Waals surface area contributed by atoms with Gasteiger partial charge >= 0.3 is 0 Å². The highest BCUT2D eigenvalue weighted by Gasteiger charge is 2.12. The van der Waals surface area contributed by atoms with Gasteiger partial charge in [-0.15, -0.1) is 0 Å². The summed E-state index contributed by atoms with van der Waals surface area (Å²) in [6.45, 7) is 0. The fourth-order valence-electron chi connectivity index (χ4n) is 2.66. The topological polar surface area (TPSA) is 89.8 Å². The molecule has 2 amide bonds. The fourth-order valence-corrected chi connectivity index (χ4v) is 2.66. The first-order valence-electron chi connectivity index (χ1n) is 8.34. The molecule has 0 unspecified atom stereocenters. The lowest BCUT2D eigenvalue weighted by Gasteiger charge is -2.07. The van der Waals surface area contributed by atoms with Crippen LogP contribution in [0.2, 0.25) is 0 Å². The van der Waals surface area contributed by atoms with Crippen LogP contribution in [0.4, 0.5) is 0 Å². The summed E-state index contributed by atoms with van der Waals surface area (Å²) in [5, 5.41) is 0.829. The van der Waals surface area contributed by atoms with Crippen LogP contribution in [0.25, 0.3) is 11.0 Å². The number of hydrazine groups is 1. The molecule has 0 aliphatic carbocycles. The number of fused-ring (bicyclic) bond motifs is 1. The van der Waals surface area contributed by atoms with Crippen LogP contribution >= 0.6 is 0 Å². The number of rotatable bonds is 6. The van der Waals surface area contributed by atoms with Crippen LogP contribution in [0.15, 0.2) is 53.1 Å². The first kappa shape index (κ1) is 18.3. The van der Waals surface area contributed by atoms with Crippen molar-refractivity contribution in [3.8, 4) is 11.5 Å². The number of methoxy groups -OCH3 is 2. The zero-order valence-corrected chi connectivity index (χ0v) is 15.1. The van der Waals surface area contributed by atoms with E-state index in [-0.39, 0.29) is 24.7 Å². The Bertz CT molecular complexity index is 947. The van der Waals surface area contributed by atoms with Crippen molar-refractivity contribution in [2.24, 2.45) is 0 Å². The molecule has 27 heavy (non-hydrogen) atoms. The van der Waals surface area contributed by atoms with E-state index in [0.717, 1.165) is 22.3 Å². The molecular weight excluding hydrogens is 348 g/mol. The second-order valence-electron chi connectivity index (χ2n) is 5.92. The van der Waals surface area contributed by atoms with Gasteiger partial charge in [-0.25, -0.2) is 0 Å². The number of hydrogen-bond acceptors (Lipinski definition) is 5. The predicted molar refractivity (Wildman–Crippen MR) is 99.5 cm³/mol. The summed E-state index contributed by atoms with van der Waals surface area (Å²) in [5.41, 5.74) is 7.03. The van der Waals surface area contributed by atoms with Crippen molar-refractivity contribution in [2.45, 2.75) is 12.8 Å². The van der Waals surface area contributed by atoms with Crippen molar-refractivity contribution in [1.29, 1.82) is 0 Å². The number of ether oxygens (including phenoxy) is 2. The van der Waals surface area contributed by atoms with Crippen LogP contribution in [0.5, 0.6) is 11.5 Å². The number of amides is 2. The summed E-state index contributed by atoms with van der Waals surface area (Å²) in [6, 6.07) is 12.5. The first-order valence-corrected chi connectivity index (χ1v) is 8.34. The Balaban J connectivity index is 1.52. The molecule has 3 aromatic rings. The molecule has 7 nitrogen and oxygen atoms in total. The number of carbonyl (C=O) groups excluding carboxylic acids is 2. The van der Waals surface area contributed by atoms with Gasteiger partial charge in [0.1, 0.15) is 17.1 Å². The zero-order valence-electron chi connectivity index (χ0n) is 15.1. The second kappa shape index (κ2) is 8.27. The molecular formula is C20H20N2O5. The van der Waals surface area contributed by atoms with E-state index in [9.17, 15) is 9.59 Å². The molecule has 3 rings (SSSR count). The average molecular weight is 368 g/mol. The minimum absolute atomic E-state index is 0.0855. The SMILES string of the molecule is COc1ccc(CC(=O)NNC(=O)Cc2coc3cc(OC)ccc23)cc1. The molecule has 2 N–H and O–H groups in total. The third-order valence-electron chi connectivity index (χ3n) is 4.08. The Morgan fingerprint density at radius 1 is 0.889 bits per heavy atom. The lowest BCUT2D eigenvalue weighted by atomic mass is 10.1. The van der Waals surface area contributed by atoms with Crippen molar-refractivity contribution in [1.82, 2.24) is 10.9 Å². The van der Waals surface area contributed by atoms with Gasteiger partial charge in [0.05, 0.1) is 33.3 Å². The molecule has 7 heteroatoms. The molecule has 0 spiro atoms. The van der Waals surface area contributed by atoms with E-state index in [2.05, 4.69) is 10.9 Å². The molecule has 0 bridgehead atoms. The summed E-state index contributed by atoms with van der Waals surface area (Å²) in [4.78, 5) is 24.1. The van der Waals surface area contributed by atoms with Gasteiger partial charge in [-0.1, -0.05) is 12.1 Å². The van der Waals surface area contributed by atoms with Gasteiger partial charge in [-0.2, -0.15) is 0 Å². The van der Waals surface area contributed by atoms with E-state index in [1.54, 1.807) is 50.6 Å². The minimum Gasteiger partial charge on any atom is -0.497 e. The Morgan fingerprint density at radius 3 is 2.19 bits per heavy atom.